The number of aliphatic hydroxyl groups excluding tert-OH is 1. The quantitative estimate of drug-likeness (QED) is 0.289. The predicted octanol–water partition coefficient (Wildman–Crippen LogP) is 3.45. The van der Waals surface area contributed by atoms with Crippen molar-refractivity contribution in [3.05, 3.63) is 66.5 Å². The maximum atomic E-state index is 13.6. The van der Waals surface area contributed by atoms with Crippen molar-refractivity contribution < 1.29 is 38.4 Å². The van der Waals surface area contributed by atoms with Gasteiger partial charge in [-0.25, -0.2) is 14.6 Å². The van der Waals surface area contributed by atoms with Crippen molar-refractivity contribution in [2.45, 2.75) is 76.3 Å². The summed E-state index contributed by atoms with van der Waals surface area (Å²) in [5, 5.41) is 12.1. The van der Waals surface area contributed by atoms with Crippen LogP contribution in [0.2, 0.25) is 0 Å². The molecule has 12 atom stereocenters. The first kappa shape index (κ1) is 30.7. The Morgan fingerprint density at radius 3 is 2.80 bits per heavy atom. The number of aromatic nitrogens is 3. The second-order valence-electron chi connectivity index (χ2n) is 12.4. The van der Waals surface area contributed by atoms with E-state index in [9.17, 15) is 14.7 Å². The molecule has 2 aliphatic carbocycles. The number of cyclic esters (lactones) is 1. The zero-order valence-corrected chi connectivity index (χ0v) is 26.2. The standard InChI is InChI=1S/C32H39N3O8S/c1-16-13-17(2)32-20(14-23(39-5)30(38)41-26(16)19(4)40-31(44)35-12-11-33-15-35)8-9-21-24(32)25(36)18(3)27(28(21)43-32)42-29(37)22-7-6-10-34-22/h6-13,15-16,18-21,23-28,34,36H,14H2,1-5H3/b17-13+/t16-,18-,19?,20-,21-,23+,24+,25-,26+,27-,28-,32+/m1/s1. The van der Waals surface area contributed by atoms with Crippen LogP contribution in [-0.2, 0) is 28.5 Å². The minimum atomic E-state index is -0.964. The first-order chi connectivity index (χ1) is 21.1. The van der Waals surface area contributed by atoms with Gasteiger partial charge in [0.2, 0.25) is 0 Å². The highest BCUT2D eigenvalue weighted by Crippen LogP contribution is 2.61. The Bertz CT molecular complexity index is 1440. The number of hydrogen-bond acceptors (Lipinski definition) is 10. The van der Waals surface area contributed by atoms with Gasteiger partial charge in [-0.1, -0.05) is 32.1 Å². The molecule has 2 N–H and O–H groups in total. The number of H-pyrrole nitrogens is 1. The summed E-state index contributed by atoms with van der Waals surface area (Å²) in [7, 11) is 1.48. The van der Waals surface area contributed by atoms with Gasteiger partial charge in [-0.15, -0.1) is 0 Å². The lowest BCUT2D eigenvalue weighted by Crippen LogP contribution is -2.57. The molecule has 2 fully saturated rings. The van der Waals surface area contributed by atoms with Gasteiger partial charge in [-0.3, -0.25) is 4.57 Å². The molecule has 6 rings (SSSR count). The fraction of sp³-hybridized carbons (Fsp3) is 0.562. The molecule has 1 spiro atoms. The molecule has 11 nitrogen and oxygen atoms in total. The lowest BCUT2D eigenvalue weighted by atomic mass is 9.57. The number of esters is 2. The van der Waals surface area contributed by atoms with Crippen LogP contribution in [0.3, 0.4) is 0 Å². The number of aromatic amines is 1. The molecule has 1 saturated heterocycles. The van der Waals surface area contributed by atoms with Crippen molar-refractivity contribution in [2.24, 2.45) is 29.6 Å². The van der Waals surface area contributed by atoms with Crippen LogP contribution in [0.1, 0.15) is 44.6 Å². The van der Waals surface area contributed by atoms with Gasteiger partial charge >= 0.3 is 11.9 Å². The van der Waals surface area contributed by atoms with Crippen LogP contribution in [0, 0.1) is 29.6 Å². The van der Waals surface area contributed by atoms with Crippen molar-refractivity contribution in [3.63, 3.8) is 0 Å². The van der Waals surface area contributed by atoms with Gasteiger partial charge in [0.1, 0.15) is 42.0 Å². The van der Waals surface area contributed by atoms with Gasteiger partial charge in [0, 0.05) is 55.3 Å². The van der Waals surface area contributed by atoms with E-state index in [1.807, 2.05) is 39.8 Å². The first-order valence-electron chi connectivity index (χ1n) is 15.1. The highest BCUT2D eigenvalue weighted by Gasteiger charge is 2.69. The Hall–Kier alpha value is -3.32. The fourth-order valence-electron chi connectivity index (χ4n) is 7.78. The minimum absolute atomic E-state index is 0.184. The van der Waals surface area contributed by atoms with E-state index in [-0.39, 0.29) is 41.2 Å². The average Bonchev–Trinajstić information content (AvgIpc) is 3.76. The van der Waals surface area contributed by atoms with Crippen LogP contribution in [0.25, 0.3) is 0 Å². The van der Waals surface area contributed by atoms with Crippen LogP contribution in [-0.4, -0.2) is 86.1 Å². The topological polar surface area (TPSA) is 134 Å². The summed E-state index contributed by atoms with van der Waals surface area (Å²) in [4.78, 5) is 33.5. The van der Waals surface area contributed by atoms with E-state index in [0.717, 1.165) is 5.57 Å². The van der Waals surface area contributed by atoms with Crippen molar-refractivity contribution in [1.29, 1.82) is 0 Å². The van der Waals surface area contributed by atoms with Crippen molar-refractivity contribution in [1.82, 2.24) is 14.5 Å². The molecule has 44 heavy (non-hydrogen) atoms. The number of methoxy groups -OCH3 is 1. The number of carbonyl (C=O) groups excluding carboxylic acids is 2. The smallest absolute Gasteiger partial charge is 0.355 e. The molecule has 0 aromatic carbocycles. The Labute approximate surface area is 261 Å². The Morgan fingerprint density at radius 2 is 2.11 bits per heavy atom. The van der Waals surface area contributed by atoms with Gasteiger partial charge in [0.25, 0.3) is 5.17 Å². The van der Waals surface area contributed by atoms with E-state index >= 15 is 0 Å². The minimum Gasteiger partial charge on any atom is -0.463 e. The third-order valence-corrected chi connectivity index (χ3v) is 10.2. The van der Waals surface area contributed by atoms with Gasteiger partial charge in [0.05, 0.1) is 6.10 Å². The Kier molecular flexibility index (Phi) is 8.29. The normalized spacial score (nSPS) is 39.8. The summed E-state index contributed by atoms with van der Waals surface area (Å²) in [5.41, 5.74) is 0.275. The zero-order chi connectivity index (χ0) is 31.3. The highest BCUT2D eigenvalue weighted by molar-refractivity contribution is 7.80. The van der Waals surface area contributed by atoms with E-state index in [2.05, 4.69) is 16.0 Å². The van der Waals surface area contributed by atoms with Gasteiger partial charge in [-0.05, 0) is 50.2 Å². The summed E-state index contributed by atoms with van der Waals surface area (Å²) in [5.74, 6) is -2.56. The van der Waals surface area contributed by atoms with Crippen molar-refractivity contribution >= 4 is 29.3 Å². The molecule has 4 bridgehead atoms. The molecule has 1 unspecified atom stereocenters. The average molecular weight is 626 g/mol. The number of nitrogens with one attached hydrogen (secondary N) is 1. The molecule has 4 aliphatic rings. The Morgan fingerprint density at radius 1 is 1.32 bits per heavy atom. The largest absolute Gasteiger partial charge is 0.463 e. The lowest BCUT2D eigenvalue weighted by Gasteiger charge is -2.48. The number of carbonyl (C=O) groups is 2. The molecule has 4 heterocycles. The van der Waals surface area contributed by atoms with E-state index in [1.165, 1.54) is 7.11 Å². The van der Waals surface area contributed by atoms with E-state index in [0.29, 0.717) is 5.69 Å². The van der Waals surface area contributed by atoms with E-state index in [1.54, 1.807) is 41.6 Å². The number of hydrogen-bond donors (Lipinski definition) is 2. The molecule has 12 heteroatoms. The molecule has 2 aliphatic heterocycles. The first-order valence-corrected chi connectivity index (χ1v) is 15.5. The third-order valence-electron chi connectivity index (χ3n) is 9.93. The number of thiocarbonyl (C=S) groups is 1. The van der Waals surface area contributed by atoms with Crippen LogP contribution in [0.4, 0.5) is 0 Å². The summed E-state index contributed by atoms with van der Waals surface area (Å²) in [6.45, 7) is 7.66. The molecular formula is C32H39N3O8S. The van der Waals surface area contributed by atoms with E-state index in [4.69, 9.17) is 35.9 Å². The second-order valence-corrected chi connectivity index (χ2v) is 12.8. The number of aliphatic hydroxyl groups is 1. The van der Waals surface area contributed by atoms with E-state index < -0.39 is 54.2 Å². The number of rotatable bonds is 5. The summed E-state index contributed by atoms with van der Waals surface area (Å²) >= 11 is 5.45. The maximum absolute atomic E-state index is 13.6. The molecule has 0 radical (unpaired) electrons. The monoisotopic (exact) mass is 625 g/mol. The molecule has 236 valence electrons. The van der Waals surface area contributed by atoms with Crippen LogP contribution < -0.4 is 0 Å². The molecule has 2 aromatic heterocycles. The van der Waals surface area contributed by atoms with Gasteiger partial charge in [-0.2, -0.15) is 0 Å². The highest BCUT2D eigenvalue weighted by atomic mass is 32.1. The van der Waals surface area contributed by atoms with Crippen molar-refractivity contribution in [3.8, 4) is 0 Å². The number of nitrogens with zero attached hydrogens (tertiary/aromatic N) is 2. The predicted molar refractivity (Wildman–Crippen MR) is 161 cm³/mol. The lowest BCUT2D eigenvalue weighted by molar-refractivity contribution is -0.171. The van der Waals surface area contributed by atoms with Crippen LogP contribution >= 0.6 is 12.2 Å². The number of imidazole rings is 1. The maximum Gasteiger partial charge on any atom is 0.355 e. The molecule has 1 saturated carbocycles. The Balaban J connectivity index is 1.36. The fourth-order valence-corrected chi connectivity index (χ4v) is 8.04. The summed E-state index contributed by atoms with van der Waals surface area (Å²) in [6, 6.07) is 3.38. The van der Waals surface area contributed by atoms with Crippen molar-refractivity contribution in [2.75, 3.05) is 7.11 Å². The van der Waals surface area contributed by atoms with Crippen LogP contribution in [0.15, 0.2) is 60.9 Å². The summed E-state index contributed by atoms with van der Waals surface area (Å²) < 4.78 is 32.5. The molecular weight excluding hydrogens is 586 g/mol. The summed E-state index contributed by atoms with van der Waals surface area (Å²) in [6.07, 6.45) is 8.68. The SMILES string of the molecule is CO[C@H]1C[C@H]2C=C[C@H]3[C@H]4O[C@]2(/C(C)=C/[C@@H](C)[C@@H](C(C)OC(=S)n2ccnc2)OC1=O)[C@@H]3[C@H](O)[C@@H](C)[C@H]4OC(=O)c1ccc[nH]1. The second kappa shape index (κ2) is 11.9. The molecule has 2 aromatic rings. The van der Waals surface area contributed by atoms with Gasteiger partial charge < -0.3 is 33.8 Å². The number of ether oxygens (including phenoxy) is 5. The van der Waals surface area contributed by atoms with Crippen LogP contribution in [0.5, 0.6) is 0 Å². The van der Waals surface area contributed by atoms with Gasteiger partial charge in [0.15, 0.2) is 6.10 Å². The molecule has 0 amide bonds. The third kappa shape index (κ3) is 5.01. The zero-order valence-electron chi connectivity index (χ0n) is 25.4.